The van der Waals surface area contributed by atoms with Gasteiger partial charge in [0.05, 0.1) is 0 Å². The summed E-state index contributed by atoms with van der Waals surface area (Å²) < 4.78 is 0. The van der Waals surface area contributed by atoms with Gasteiger partial charge in [-0.1, -0.05) is 183 Å². The van der Waals surface area contributed by atoms with Gasteiger partial charge in [-0.3, -0.25) is 4.90 Å². The van der Waals surface area contributed by atoms with Crippen LogP contribution in [0.1, 0.15) is 36.8 Å². The third kappa shape index (κ3) is 10.0. The Kier molecular flexibility index (Phi) is 14.9. The zero-order valence-electron chi connectivity index (χ0n) is 28.6. The van der Waals surface area contributed by atoms with Crippen molar-refractivity contribution in [3.05, 3.63) is 181 Å². The van der Waals surface area contributed by atoms with Crippen molar-refractivity contribution < 1.29 is 15.1 Å². The van der Waals surface area contributed by atoms with E-state index in [1.165, 1.54) is 55.8 Å². The topological polar surface area (TPSA) is 29.3 Å². The van der Waals surface area contributed by atoms with Gasteiger partial charge in [0.25, 0.3) is 0 Å². The maximum atomic E-state index is 7.01. The van der Waals surface area contributed by atoms with Crippen LogP contribution in [0, 0.1) is 0 Å². The van der Waals surface area contributed by atoms with Crippen LogP contribution in [0.25, 0.3) is 0 Å². The SMILES string of the molecule is N[C@H]1CCCC[C@@H]1N(Cc1ccccc1P(c1ccccc1)c1ccccc1)Cc1ccccc1P(c1ccccc1)c1ccccc1.[Cl][Ru][Cl]. The molecule has 0 heterocycles. The van der Waals surface area contributed by atoms with Crippen LogP contribution in [-0.4, -0.2) is 17.0 Å². The van der Waals surface area contributed by atoms with Crippen molar-refractivity contribution in [3.63, 3.8) is 0 Å². The Morgan fingerprint density at radius 2 is 0.804 bits per heavy atom. The van der Waals surface area contributed by atoms with Crippen LogP contribution in [0.5, 0.6) is 0 Å². The van der Waals surface area contributed by atoms with Gasteiger partial charge < -0.3 is 5.73 Å². The third-order valence-corrected chi connectivity index (χ3v) is 14.6. The second-order valence-corrected chi connectivity index (χ2v) is 19.8. The Morgan fingerprint density at radius 3 is 1.16 bits per heavy atom. The van der Waals surface area contributed by atoms with Crippen molar-refractivity contribution in [1.82, 2.24) is 4.90 Å². The molecular weight excluding hydrogens is 790 g/mol. The molecule has 6 aromatic carbocycles. The zero-order chi connectivity index (χ0) is 35.3. The molecule has 2 N–H and O–H groups in total. The van der Waals surface area contributed by atoms with Gasteiger partial charge in [0.2, 0.25) is 0 Å². The number of nitrogens with zero attached hydrogens (tertiary/aromatic N) is 1. The van der Waals surface area contributed by atoms with Crippen LogP contribution < -0.4 is 37.6 Å². The summed E-state index contributed by atoms with van der Waals surface area (Å²) in [6, 6.07) is 63.2. The van der Waals surface area contributed by atoms with E-state index in [0.29, 0.717) is 6.04 Å². The van der Waals surface area contributed by atoms with Gasteiger partial charge in [-0.05, 0) is 71.6 Å². The van der Waals surface area contributed by atoms with Gasteiger partial charge in [-0.25, -0.2) is 0 Å². The van der Waals surface area contributed by atoms with E-state index >= 15 is 0 Å². The first-order valence-electron chi connectivity index (χ1n) is 17.5. The number of hydrogen-bond acceptors (Lipinski definition) is 2. The van der Waals surface area contributed by atoms with E-state index in [1.54, 1.807) is 0 Å². The summed E-state index contributed by atoms with van der Waals surface area (Å²) in [6.45, 7) is 1.74. The van der Waals surface area contributed by atoms with Gasteiger partial charge in [0.15, 0.2) is 0 Å². The summed E-state index contributed by atoms with van der Waals surface area (Å²) >= 11 is -0.346. The summed E-state index contributed by atoms with van der Waals surface area (Å²) in [6.07, 6.45) is 4.69. The average molecular weight is 835 g/mol. The number of halogens is 2. The van der Waals surface area contributed by atoms with Crippen LogP contribution in [0.4, 0.5) is 0 Å². The van der Waals surface area contributed by atoms with Gasteiger partial charge in [0, 0.05) is 25.2 Å². The summed E-state index contributed by atoms with van der Waals surface area (Å²) in [5.74, 6) is 0. The molecular formula is C44H44Cl2N2P2Ru. The molecule has 2 nitrogen and oxygen atoms in total. The van der Waals surface area contributed by atoms with Crippen molar-refractivity contribution in [2.45, 2.75) is 50.9 Å². The molecule has 0 amide bonds. The van der Waals surface area contributed by atoms with Crippen LogP contribution in [0.2, 0.25) is 0 Å². The Labute approximate surface area is 322 Å². The van der Waals surface area contributed by atoms with Crippen LogP contribution in [0.15, 0.2) is 170 Å². The monoisotopic (exact) mass is 834 g/mol. The Hall–Kier alpha value is -2.70. The van der Waals surface area contributed by atoms with E-state index in [-0.39, 0.29) is 21.2 Å². The standard InChI is InChI=1S/C44H44N2P2.2ClH.Ru/c45-41-29-15-16-30-42(41)46(33-35-19-13-17-31-43(35)47(37-21-5-1-6-22-37)38-23-7-2-8-24-38)34-36-20-14-18-32-44(36)48(39-25-9-3-10-26-39)40-27-11-4-12-28-40;;;/h1-14,17-28,31-32,41-42H,15-16,29-30,33-34,45H2;2*1H;/q;;;+2/p-2/t41-,42-;;;/m0.../s1. The van der Waals surface area contributed by atoms with Crippen LogP contribution in [0.3, 0.4) is 0 Å². The molecule has 262 valence electrons. The minimum atomic E-state index is -0.717. The summed E-state index contributed by atoms with van der Waals surface area (Å²) in [5, 5.41) is 8.40. The summed E-state index contributed by atoms with van der Waals surface area (Å²) in [7, 11) is 8.27. The number of nitrogens with two attached hydrogens (primary N) is 1. The second kappa shape index (κ2) is 19.9. The van der Waals surface area contributed by atoms with E-state index in [4.69, 9.17) is 25.1 Å². The van der Waals surface area contributed by atoms with E-state index < -0.39 is 15.8 Å². The molecule has 0 bridgehead atoms. The van der Waals surface area contributed by atoms with E-state index in [0.717, 1.165) is 25.9 Å². The Morgan fingerprint density at radius 1 is 0.490 bits per heavy atom. The molecule has 0 aliphatic heterocycles. The molecule has 0 saturated heterocycles. The van der Waals surface area contributed by atoms with E-state index in [2.05, 4.69) is 175 Å². The number of benzene rings is 6. The molecule has 51 heavy (non-hydrogen) atoms. The number of hydrogen-bond donors (Lipinski definition) is 1. The molecule has 1 aliphatic carbocycles. The first-order chi connectivity index (χ1) is 25.2. The first kappa shape index (κ1) is 38.0. The van der Waals surface area contributed by atoms with Crippen LogP contribution in [-0.2, 0) is 28.2 Å². The molecule has 1 fully saturated rings. The minimum absolute atomic E-state index is 0.174. The van der Waals surface area contributed by atoms with Crippen LogP contribution >= 0.6 is 35.2 Å². The molecule has 0 radical (unpaired) electrons. The normalized spacial score (nSPS) is 15.9. The predicted molar refractivity (Wildman–Crippen MR) is 221 cm³/mol. The average Bonchev–Trinajstić information content (AvgIpc) is 3.18. The van der Waals surface area contributed by atoms with Crippen molar-refractivity contribution in [1.29, 1.82) is 0 Å². The van der Waals surface area contributed by atoms with Gasteiger partial charge in [-0.15, -0.1) is 0 Å². The third-order valence-electron chi connectivity index (χ3n) is 9.52. The van der Waals surface area contributed by atoms with Crippen molar-refractivity contribution in [2.75, 3.05) is 0 Å². The first-order valence-corrected chi connectivity index (χ1v) is 24.6. The molecule has 1 aliphatic rings. The van der Waals surface area contributed by atoms with Gasteiger partial charge in [-0.2, -0.15) is 0 Å². The molecule has 6 aromatic rings. The fourth-order valence-corrected chi connectivity index (χ4v) is 12.1. The second-order valence-electron chi connectivity index (χ2n) is 12.7. The van der Waals surface area contributed by atoms with E-state index in [9.17, 15) is 0 Å². The predicted octanol–water partition coefficient (Wildman–Crippen LogP) is 8.85. The summed E-state index contributed by atoms with van der Waals surface area (Å²) in [4.78, 5) is 2.73. The Bertz CT molecular complexity index is 1690. The zero-order valence-corrected chi connectivity index (χ0v) is 33.6. The molecule has 0 spiro atoms. The molecule has 7 heteroatoms. The fourth-order valence-electron chi connectivity index (χ4n) is 7.21. The molecule has 2 atom stereocenters. The maximum absolute atomic E-state index is 7.01. The fraction of sp³-hybridized carbons (Fsp3) is 0.182. The molecule has 1 saturated carbocycles. The summed E-state index contributed by atoms with van der Waals surface area (Å²) in [5.41, 5.74) is 9.82. The number of rotatable bonds is 11. The molecule has 0 aromatic heterocycles. The van der Waals surface area contributed by atoms with Gasteiger partial charge >= 0.3 is 34.5 Å². The quantitative estimate of drug-likeness (QED) is 0.105. The molecule has 7 rings (SSSR count). The van der Waals surface area contributed by atoms with Crippen molar-refractivity contribution in [2.24, 2.45) is 5.73 Å². The van der Waals surface area contributed by atoms with Crippen molar-refractivity contribution in [3.8, 4) is 0 Å². The molecule has 0 unspecified atom stereocenters. The van der Waals surface area contributed by atoms with Crippen molar-refractivity contribution >= 4 is 67.1 Å². The van der Waals surface area contributed by atoms with E-state index in [1.807, 2.05) is 0 Å². The Balaban J connectivity index is 0.00000144. The van der Waals surface area contributed by atoms with Gasteiger partial charge in [0.1, 0.15) is 0 Å².